The van der Waals surface area contributed by atoms with Crippen LogP contribution >= 0.6 is 0 Å². The molecule has 2 atom stereocenters. The number of carbonyl (C=O) groups is 1. The molecule has 0 aliphatic heterocycles. The number of aryl methyl sites for hydroxylation is 1. The minimum atomic E-state index is -2.86. The molecule has 13 heteroatoms. The molecule has 1 saturated carbocycles. The highest BCUT2D eigenvalue weighted by atomic mass is 19.3. The summed E-state index contributed by atoms with van der Waals surface area (Å²) in [6.45, 7) is 1.77. The molecular weight excluding hydrogens is 439 g/mol. The first-order valence-corrected chi connectivity index (χ1v) is 10.1. The molecule has 0 saturated heterocycles. The zero-order valence-electron chi connectivity index (χ0n) is 17.6. The van der Waals surface area contributed by atoms with Crippen LogP contribution in [0, 0.1) is 12.7 Å². The minimum Gasteiger partial charge on any atom is -0.365 e. The van der Waals surface area contributed by atoms with Crippen molar-refractivity contribution in [2.24, 2.45) is 11.5 Å². The molecule has 4 rings (SSSR count). The lowest BCUT2D eigenvalue weighted by Gasteiger charge is -2.34. The summed E-state index contributed by atoms with van der Waals surface area (Å²) in [7, 11) is 0. The number of hydrogen-bond donors (Lipinski definition) is 4. The highest BCUT2D eigenvalue weighted by Gasteiger charge is 2.40. The van der Waals surface area contributed by atoms with Gasteiger partial charge in [-0.2, -0.15) is 10.2 Å². The monoisotopic (exact) mass is 461 g/mol. The van der Waals surface area contributed by atoms with E-state index in [9.17, 15) is 18.0 Å². The summed E-state index contributed by atoms with van der Waals surface area (Å²) in [4.78, 5) is 21.7. The maximum Gasteiger partial charge on any atom is 0.252 e. The van der Waals surface area contributed by atoms with E-state index in [2.05, 4.69) is 30.8 Å². The number of amides is 1. The minimum absolute atomic E-state index is 0.0360. The maximum atomic E-state index is 14.7. The van der Waals surface area contributed by atoms with Crippen LogP contribution in [-0.4, -0.2) is 48.9 Å². The van der Waals surface area contributed by atoms with Crippen LogP contribution in [-0.2, 0) is 0 Å². The summed E-state index contributed by atoms with van der Waals surface area (Å²) in [5, 5.41) is 13.9. The Morgan fingerprint density at radius 1 is 1.24 bits per heavy atom. The summed E-state index contributed by atoms with van der Waals surface area (Å²) >= 11 is 0. The summed E-state index contributed by atoms with van der Waals surface area (Å²) < 4.78 is 41.8. The first kappa shape index (κ1) is 22.5. The molecule has 1 amide bonds. The fourth-order valence-corrected chi connectivity index (χ4v) is 3.67. The van der Waals surface area contributed by atoms with E-state index in [-0.39, 0.29) is 30.0 Å². The number of alkyl halides is 2. The number of nitrogens with two attached hydrogens (primary N) is 2. The number of nitrogens with one attached hydrogen (secondary N) is 2. The molecule has 33 heavy (non-hydrogen) atoms. The Labute approximate surface area is 186 Å². The number of aromatic nitrogens is 5. The first-order chi connectivity index (χ1) is 15.6. The molecule has 0 bridgehead atoms. The van der Waals surface area contributed by atoms with Gasteiger partial charge in [-0.3, -0.25) is 9.78 Å². The predicted molar refractivity (Wildman–Crippen MR) is 114 cm³/mol. The van der Waals surface area contributed by atoms with E-state index in [1.807, 2.05) is 0 Å². The first-order valence-electron chi connectivity index (χ1n) is 10.1. The van der Waals surface area contributed by atoms with Crippen LogP contribution in [0.15, 0.2) is 30.7 Å². The lowest BCUT2D eigenvalue weighted by Crippen LogP contribution is -2.48. The largest absolute Gasteiger partial charge is 0.365 e. The van der Waals surface area contributed by atoms with Crippen LogP contribution in [0.4, 0.5) is 30.5 Å². The van der Waals surface area contributed by atoms with Crippen molar-refractivity contribution in [3.8, 4) is 5.69 Å². The highest BCUT2D eigenvalue weighted by molar-refractivity contribution is 5.98. The van der Waals surface area contributed by atoms with Crippen LogP contribution < -0.4 is 22.1 Å². The molecule has 174 valence electrons. The third-order valence-corrected chi connectivity index (χ3v) is 5.39. The molecule has 1 aliphatic carbocycles. The number of hydrogen-bond acceptors (Lipinski definition) is 8. The lowest BCUT2D eigenvalue weighted by atomic mass is 9.88. The Hall–Kier alpha value is -3.74. The quantitative estimate of drug-likeness (QED) is 0.437. The molecule has 0 aromatic carbocycles. The number of carbonyl (C=O) groups excluding carboxylic acids is 1. The number of halogens is 3. The summed E-state index contributed by atoms with van der Waals surface area (Å²) in [6, 6.07) is 1.09. The van der Waals surface area contributed by atoms with Gasteiger partial charge in [-0.15, -0.1) is 4.80 Å². The van der Waals surface area contributed by atoms with Crippen molar-refractivity contribution in [3.05, 3.63) is 47.8 Å². The molecular formula is C20H22F3N9O. The second-order valence-corrected chi connectivity index (χ2v) is 7.86. The molecule has 1 fully saturated rings. The molecule has 0 radical (unpaired) electrons. The van der Waals surface area contributed by atoms with Crippen molar-refractivity contribution >= 4 is 23.2 Å². The molecule has 0 unspecified atom stereocenters. The second-order valence-electron chi connectivity index (χ2n) is 7.86. The Balaban J connectivity index is 1.64. The van der Waals surface area contributed by atoms with E-state index >= 15 is 0 Å². The average Bonchev–Trinajstić information content (AvgIpc) is 3.27. The lowest BCUT2D eigenvalue weighted by molar-refractivity contribution is -0.0423. The van der Waals surface area contributed by atoms with Gasteiger partial charge >= 0.3 is 0 Å². The van der Waals surface area contributed by atoms with E-state index in [0.717, 1.165) is 6.07 Å². The van der Waals surface area contributed by atoms with E-state index < -0.39 is 36.2 Å². The normalized spacial score (nSPS) is 19.8. The molecule has 10 nitrogen and oxygen atoms in total. The van der Waals surface area contributed by atoms with Crippen LogP contribution in [0.5, 0.6) is 0 Å². The van der Waals surface area contributed by atoms with Gasteiger partial charge in [0.05, 0.1) is 35.5 Å². The third-order valence-electron chi connectivity index (χ3n) is 5.39. The summed E-state index contributed by atoms with van der Waals surface area (Å²) in [5.41, 5.74) is 12.7. The number of rotatable bonds is 6. The maximum absolute atomic E-state index is 14.7. The number of anilines is 3. The Morgan fingerprint density at radius 2 is 1.97 bits per heavy atom. The van der Waals surface area contributed by atoms with Crippen LogP contribution in [0.2, 0.25) is 0 Å². The molecule has 3 aromatic rings. The highest BCUT2D eigenvalue weighted by Crippen LogP contribution is 2.34. The van der Waals surface area contributed by atoms with Gasteiger partial charge in [0.25, 0.3) is 5.91 Å². The predicted octanol–water partition coefficient (Wildman–Crippen LogP) is 2.27. The fourth-order valence-electron chi connectivity index (χ4n) is 3.67. The smallest absolute Gasteiger partial charge is 0.252 e. The van der Waals surface area contributed by atoms with Crippen molar-refractivity contribution < 1.29 is 18.0 Å². The summed E-state index contributed by atoms with van der Waals surface area (Å²) in [6.07, 6.45) is 3.66. The number of nitrogens with zero attached hydrogens (tertiary/aromatic N) is 5. The molecule has 6 N–H and O–H groups in total. The molecule has 1 aliphatic rings. The van der Waals surface area contributed by atoms with Crippen molar-refractivity contribution in [1.82, 2.24) is 25.0 Å². The average molecular weight is 461 g/mol. The van der Waals surface area contributed by atoms with Gasteiger partial charge in [-0.25, -0.2) is 18.2 Å². The second kappa shape index (κ2) is 8.65. The van der Waals surface area contributed by atoms with E-state index in [4.69, 9.17) is 11.5 Å². The topological polar surface area (TPSA) is 150 Å². The zero-order chi connectivity index (χ0) is 23.8. The standard InChI is InChI=1S/C20H22F3N9O/c1-10-16(32-27-4-5-28-32)6-11(9-26-10)29-18-12(17(25)33)7-13(21)19(31-18)30-15-2-3-20(22,23)8-14(15)24/h4-7,9,14-15H,2-3,8,24H2,1H3,(H2,25,33)(H2,29,30,31)/t14-,15+/m0/s1. The SMILES string of the molecule is Cc1ncc(Nc2nc(N[C@@H]3CCC(F)(F)C[C@@H]3N)c(F)cc2C(N)=O)cc1-n1nccn1. The molecule has 0 spiro atoms. The van der Waals surface area contributed by atoms with E-state index in [1.54, 1.807) is 13.0 Å². The van der Waals surface area contributed by atoms with Crippen molar-refractivity contribution in [2.75, 3.05) is 10.6 Å². The van der Waals surface area contributed by atoms with Gasteiger partial charge in [0, 0.05) is 24.9 Å². The van der Waals surface area contributed by atoms with Gasteiger partial charge in [-0.05, 0) is 25.5 Å². The van der Waals surface area contributed by atoms with Gasteiger partial charge in [0.2, 0.25) is 5.92 Å². The number of pyridine rings is 2. The van der Waals surface area contributed by atoms with Gasteiger partial charge in [0.15, 0.2) is 11.6 Å². The molecule has 3 heterocycles. The fraction of sp³-hybridized carbons (Fsp3) is 0.350. The van der Waals surface area contributed by atoms with E-state index in [0.29, 0.717) is 17.1 Å². The zero-order valence-corrected chi connectivity index (χ0v) is 17.6. The third kappa shape index (κ3) is 4.87. The van der Waals surface area contributed by atoms with Crippen molar-refractivity contribution in [3.63, 3.8) is 0 Å². The Bertz CT molecular complexity index is 1170. The number of primary amides is 1. The van der Waals surface area contributed by atoms with Crippen LogP contribution in [0.3, 0.4) is 0 Å². The van der Waals surface area contributed by atoms with Gasteiger partial charge in [0.1, 0.15) is 11.5 Å². The Morgan fingerprint density at radius 3 is 2.64 bits per heavy atom. The van der Waals surface area contributed by atoms with Gasteiger partial charge < -0.3 is 22.1 Å². The summed E-state index contributed by atoms with van der Waals surface area (Å²) in [5.74, 6) is -4.89. The molecule has 3 aromatic heterocycles. The van der Waals surface area contributed by atoms with Crippen LogP contribution in [0.25, 0.3) is 5.69 Å². The van der Waals surface area contributed by atoms with Crippen LogP contribution in [0.1, 0.15) is 35.3 Å². The van der Waals surface area contributed by atoms with Crippen molar-refractivity contribution in [1.29, 1.82) is 0 Å². The Kier molecular flexibility index (Phi) is 5.89. The van der Waals surface area contributed by atoms with Gasteiger partial charge in [-0.1, -0.05) is 0 Å². The van der Waals surface area contributed by atoms with Crippen molar-refractivity contribution in [2.45, 2.75) is 44.2 Å². The van der Waals surface area contributed by atoms with E-state index in [1.165, 1.54) is 23.4 Å².